The van der Waals surface area contributed by atoms with Gasteiger partial charge in [0.05, 0.1) is 5.69 Å². The topological polar surface area (TPSA) is 86.0 Å². The van der Waals surface area contributed by atoms with Crippen LogP contribution < -0.4 is 0 Å². The van der Waals surface area contributed by atoms with Crippen molar-refractivity contribution in [2.24, 2.45) is 0 Å². The van der Waals surface area contributed by atoms with E-state index in [1.54, 1.807) is 5.38 Å². The highest BCUT2D eigenvalue weighted by Gasteiger charge is 2.31. The largest absolute Gasteiger partial charge is 0.339 e. The van der Waals surface area contributed by atoms with Gasteiger partial charge in [0.2, 0.25) is 20.1 Å². The molecule has 0 amide bonds. The van der Waals surface area contributed by atoms with Gasteiger partial charge in [0.15, 0.2) is 5.82 Å². The van der Waals surface area contributed by atoms with Gasteiger partial charge in [-0.25, -0.2) is 13.4 Å². The Bertz CT molecular complexity index is 928. The molecular formula is C15H13N3O3S2. The van der Waals surface area contributed by atoms with Crippen molar-refractivity contribution < 1.29 is 12.9 Å². The van der Waals surface area contributed by atoms with E-state index in [9.17, 15) is 8.42 Å². The quantitative estimate of drug-likeness (QED) is 0.705. The fourth-order valence-corrected chi connectivity index (χ4v) is 4.47. The van der Waals surface area contributed by atoms with Gasteiger partial charge in [0.25, 0.3) is 0 Å². The van der Waals surface area contributed by atoms with Crippen molar-refractivity contribution in [2.75, 3.05) is 0 Å². The minimum atomic E-state index is -3.57. The second-order valence-electron chi connectivity index (χ2n) is 5.45. The maximum atomic E-state index is 12.5. The first-order valence-corrected chi connectivity index (χ1v) is 9.71. The van der Waals surface area contributed by atoms with Crippen LogP contribution in [0.5, 0.6) is 0 Å². The van der Waals surface area contributed by atoms with E-state index < -0.39 is 9.84 Å². The molecule has 0 radical (unpaired) electrons. The van der Waals surface area contributed by atoms with E-state index in [1.165, 1.54) is 0 Å². The van der Waals surface area contributed by atoms with Crippen LogP contribution in [0.25, 0.3) is 11.3 Å². The zero-order valence-electron chi connectivity index (χ0n) is 12.0. The van der Waals surface area contributed by atoms with Gasteiger partial charge in [-0.15, -0.1) is 11.3 Å². The fraction of sp³-hybridized carbons (Fsp3) is 0.267. The number of thiazole rings is 1. The minimum Gasteiger partial charge on any atom is -0.339 e. The highest BCUT2D eigenvalue weighted by Crippen LogP contribution is 2.39. The van der Waals surface area contributed by atoms with Gasteiger partial charge < -0.3 is 4.52 Å². The van der Waals surface area contributed by atoms with Crippen LogP contribution in [0.15, 0.2) is 44.6 Å². The number of benzene rings is 1. The van der Waals surface area contributed by atoms with Gasteiger partial charge in [-0.2, -0.15) is 4.98 Å². The third-order valence-electron chi connectivity index (χ3n) is 3.55. The Hall–Kier alpha value is -2.06. The SMILES string of the molecule is O=S(=O)(Cc1noc(C2CC2)n1)c1nc(-c2ccccc2)cs1. The van der Waals surface area contributed by atoms with E-state index in [1.807, 2.05) is 30.3 Å². The second kappa shape index (κ2) is 5.54. The smallest absolute Gasteiger partial charge is 0.229 e. The molecule has 0 bridgehead atoms. The normalized spacial score (nSPS) is 15.0. The van der Waals surface area contributed by atoms with Gasteiger partial charge in [-0.1, -0.05) is 35.5 Å². The first-order chi connectivity index (χ1) is 11.1. The van der Waals surface area contributed by atoms with Crippen molar-refractivity contribution in [1.82, 2.24) is 15.1 Å². The van der Waals surface area contributed by atoms with Crippen LogP contribution in [-0.2, 0) is 15.6 Å². The maximum Gasteiger partial charge on any atom is 0.229 e. The summed E-state index contributed by atoms with van der Waals surface area (Å²) >= 11 is 1.11. The molecule has 0 spiro atoms. The fourth-order valence-electron chi connectivity index (χ4n) is 2.20. The Morgan fingerprint density at radius 3 is 2.70 bits per heavy atom. The Kier molecular flexibility index (Phi) is 3.50. The second-order valence-corrected chi connectivity index (χ2v) is 8.47. The third kappa shape index (κ3) is 3.04. The molecule has 1 saturated carbocycles. The zero-order chi connectivity index (χ0) is 15.9. The van der Waals surface area contributed by atoms with Crippen LogP contribution in [0, 0.1) is 0 Å². The average Bonchev–Trinajstić information content (AvgIpc) is 3.09. The summed E-state index contributed by atoms with van der Waals surface area (Å²) < 4.78 is 30.1. The lowest BCUT2D eigenvalue weighted by atomic mass is 10.2. The van der Waals surface area contributed by atoms with Gasteiger partial charge in [0, 0.05) is 16.9 Å². The van der Waals surface area contributed by atoms with Crippen LogP contribution >= 0.6 is 11.3 Å². The molecule has 0 N–H and O–H groups in total. The Labute approximate surface area is 137 Å². The van der Waals surface area contributed by atoms with Crippen LogP contribution in [0.2, 0.25) is 0 Å². The van der Waals surface area contributed by atoms with Crippen LogP contribution in [0.3, 0.4) is 0 Å². The summed E-state index contributed by atoms with van der Waals surface area (Å²) in [7, 11) is -3.57. The molecule has 0 unspecified atom stereocenters. The molecule has 6 nitrogen and oxygen atoms in total. The van der Waals surface area contributed by atoms with E-state index in [4.69, 9.17) is 4.52 Å². The van der Waals surface area contributed by atoms with Gasteiger partial charge in [-0.3, -0.25) is 0 Å². The van der Waals surface area contributed by atoms with E-state index in [2.05, 4.69) is 15.1 Å². The number of nitrogens with zero attached hydrogens (tertiary/aromatic N) is 3. The molecule has 1 aliphatic rings. The average molecular weight is 347 g/mol. The molecule has 1 fully saturated rings. The van der Waals surface area contributed by atoms with Crippen molar-refractivity contribution in [2.45, 2.75) is 28.9 Å². The number of aromatic nitrogens is 3. The van der Waals surface area contributed by atoms with E-state index in [0.29, 0.717) is 17.5 Å². The first kappa shape index (κ1) is 14.5. The van der Waals surface area contributed by atoms with Crippen molar-refractivity contribution in [3.05, 3.63) is 47.4 Å². The van der Waals surface area contributed by atoms with Crippen LogP contribution in [0.1, 0.15) is 30.5 Å². The summed E-state index contributed by atoms with van der Waals surface area (Å²) in [5, 5.41) is 5.51. The summed E-state index contributed by atoms with van der Waals surface area (Å²) in [4.78, 5) is 8.41. The van der Waals surface area contributed by atoms with Crippen molar-refractivity contribution in [1.29, 1.82) is 0 Å². The summed E-state index contributed by atoms with van der Waals surface area (Å²) in [5.41, 5.74) is 1.54. The molecular weight excluding hydrogens is 334 g/mol. The van der Waals surface area contributed by atoms with Crippen molar-refractivity contribution in [3.63, 3.8) is 0 Å². The predicted molar refractivity (Wildman–Crippen MR) is 84.7 cm³/mol. The lowest BCUT2D eigenvalue weighted by Crippen LogP contribution is -2.06. The number of hydrogen-bond acceptors (Lipinski definition) is 7. The van der Waals surface area contributed by atoms with Gasteiger partial charge in [-0.05, 0) is 12.8 Å². The van der Waals surface area contributed by atoms with Gasteiger partial charge >= 0.3 is 0 Å². The molecule has 0 saturated heterocycles. The summed E-state index contributed by atoms with van der Waals surface area (Å²) in [6.07, 6.45) is 2.06. The lowest BCUT2D eigenvalue weighted by molar-refractivity contribution is 0.375. The molecule has 3 aromatic rings. The van der Waals surface area contributed by atoms with Crippen LogP contribution in [-0.4, -0.2) is 23.5 Å². The summed E-state index contributed by atoms with van der Waals surface area (Å²) in [6, 6.07) is 9.48. The number of hydrogen-bond donors (Lipinski definition) is 0. The highest BCUT2D eigenvalue weighted by molar-refractivity contribution is 7.92. The minimum absolute atomic E-state index is 0.0779. The van der Waals surface area contributed by atoms with Crippen LogP contribution in [0.4, 0.5) is 0 Å². The maximum absolute atomic E-state index is 12.5. The molecule has 2 heterocycles. The Morgan fingerprint density at radius 2 is 1.96 bits per heavy atom. The molecule has 1 aromatic carbocycles. The standard InChI is InChI=1S/C15H13N3O3S2/c19-23(20,9-13-17-14(21-18-13)11-6-7-11)15-16-12(8-22-15)10-4-2-1-3-5-10/h1-5,8,11H,6-7,9H2. The van der Waals surface area contributed by atoms with E-state index in [0.717, 1.165) is 29.7 Å². The number of sulfone groups is 1. The first-order valence-electron chi connectivity index (χ1n) is 7.18. The summed E-state index contributed by atoms with van der Waals surface area (Å²) in [6.45, 7) is 0. The molecule has 0 aliphatic heterocycles. The van der Waals surface area contributed by atoms with Gasteiger partial charge in [0.1, 0.15) is 5.75 Å². The van der Waals surface area contributed by atoms with Crippen molar-refractivity contribution in [3.8, 4) is 11.3 Å². The molecule has 23 heavy (non-hydrogen) atoms. The molecule has 0 atom stereocenters. The molecule has 2 aromatic heterocycles. The van der Waals surface area contributed by atoms with E-state index >= 15 is 0 Å². The Morgan fingerprint density at radius 1 is 1.17 bits per heavy atom. The summed E-state index contributed by atoms with van der Waals surface area (Å²) in [5.74, 6) is 0.761. The monoisotopic (exact) mass is 347 g/mol. The molecule has 8 heteroatoms. The molecule has 118 valence electrons. The zero-order valence-corrected chi connectivity index (χ0v) is 13.7. The Balaban J connectivity index is 1.57. The van der Waals surface area contributed by atoms with E-state index in [-0.39, 0.29) is 15.9 Å². The highest BCUT2D eigenvalue weighted by atomic mass is 32.2. The predicted octanol–water partition coefficient (Wildman–Crippen LogP) is 3.04. The van der Waals surface area contributed by atoms with Crippen molar-refractivity contribution >= 4 is 21.2 Å². The number of rotatable bonds is 5. The third-order valence-corrected chi connectivity index (χ3v) is 6.49. The molecule has 4 rings (SSSR count). The lowest BCUT2D eigenvalue weighted by Gasteiger charge is -1.97. The molecule has 1 aliphatic carbocycles.